The molecule has 0 aliphatic rings. The fourth-order valence-electron chi connectivity index (χ4n) is 1.88. The molecule has 0 bridgehead atoms. The summed E-state index contributed by atoms with van der Waals surface area (Å²) in [5.41, 5.74) is 6.32. The molecule has 1 rings (SSSR count). The lowest BCUT2D eigenvalue weighted by atomic mass is 9.93. The number of carboxylic acids is 1. The van der Waals surface area contributed by atoms with Crippen LogP contribution in [-0.4, -0.2) is 23.6 Å². The third-order valence-corrected chi connectivity index (χ3v) is 2.70. The van der Waals surface area contributed by atoms with Gasteiger partial charge < -0.3 is 16.2 Å². The third-order valence-electron chi connectivity index (χ3n) is 2.70. The second-order valence-corrected chi connectivity index (χ2v) is 4.28. The van der Waals surface area contributed by atoms with Crippen molar-refractivity contribution in [2.75, 3.05) is 6.54 Å². The lowest BCUT2D eigenvalue weighted by Gasteiger charge is -2.15. The van der Waals surface area contributed by atoms with Gasteiger partial charge in [-0.2, -0.15) is 0 Å². The van der Waals surface area contributed by atoms with Crippen molar-refractivity contribution in [3.8, 4) is 0 Å². The van der Waals surface area contributed by atoms with Gasteiger partial charge in [0, 0.05) is 13.0 Å². The van der Waals surface area contributed by atoms with Gasteiger partial charge in [0.2, 0.25) is 0 Å². The first-order chi connectivity index (χ1) is 8.58. The summed E-state index contributed by atoms with van der Waals surface area (Å²) in [4.78, 5) is 10.8. The summed E-state index contributed by atoms with van der Waals surface area (Å²) in [6.07, 6.45) is 1.54. The second-order valence-electron chi connectivity index (χ2n) is 4.28. The Morgan fingerprint density at radius 1 is 1.39 bits per heavy atom. The molecule has 5 heteroatoms. The molecule has 0 spiro atoms. The van der Waals surface area contributed by atoms with Crippen molar-refractivity contribution in [3.05, 3.63) is 35.9 Å². The number of hydrogen-bond donors (Lipinski definition) is 4. The Bertz CT molecular complexity index is 392. The van der Waals surface area contributed by atoms with Gasteiger partial charge in [-0.1, -0.05) is 30.3 Å². The molecule has 98 valence electrons. The van der Waals surface area contributed by atoms with Crippen LogP contribution < -0.4 is 11.1 Å². The lowest BCUT2D eigenvalue weighted by Crippen LogP contribution is -2.32. The van der Waals surface area contributed by atoms with Crippen molar-refractivity contribution in [3.63, 3.8) is 0 Å². The van der Waals surface area contributed by atoms with Crippen LogP contribution in [0.4, 0.5) is 0 Å². The number of nitrogens with two attached hydrogens (primary N) is 1. The number of benzene rings is 1. The maximum atomic E-state index is 10.8. The van der Waals surface area contributed by atoms with Crippen molar-refractivity contribution in [2.45, 2.75) is 19.3 Å². The zero-order valence-corrected chi connectivity index (χ0v) is 10.2. The van der Waals surface area contributed by atoms with Crippen LogP contribution >= 0.6 is 0 Å². The number of nitrogens with one attached hydrogen (secondary N) is 2. The predicted octanol–water partition coefficient (Wildman–Crippen LogP) is 1.19. The minimum absolute atomic E-state index is 0.0525. The Hall–Kier alpha value is -2.04. The first kappa shape index (κ1) is 14.0. The van der Waals surface area contributed by atoms with Crippen LogP contribution in [0.2, 0.25) is 0 Å². The maximum absolute atomic E-state index is 10.8. The molecule has 0 radical (unpaired) electrons. The molecule has 5 N–H and O–H groups in total. The van der Waals surface area contributed by atoms with Crippen molar-refractivity contribution < 1.29 is 9.90 Å². The Kier molecular flexibility index (Phi) is 5.70. The Labute approximate surface area is 107 Å². The molecule has 0 saturated heterocycles. The highest BCUT2D eigenvalue weighted by atomic mass is 16.4. The topological polar surface area (TPSA) is 99.2 Å². The van der Waals surface area contributed by atoms with Crippen LogP contribution in [-0.2, 0) is 11.2 Å². The second kappa shape index (κ2) is 7.32. The van der Waals surface area contributed by atoms with Crippen LogP contribution in [0.1, 0.15) is 18.4 Å². The molecular formula is C13H19N3O2. The average molecular weight is 249 g/mol. The van der Waals surface area contributed by atoms with Gasteiger partial charge in [-0.15, -0.1) is 0 Å². The summed E-state index contributed by atoms with van der Waals surface area (Å²) in [6, 6.07) is 9.81. The zero-order chi connectivity index (χ0) is 13.4. The van der Waals surface area contributed by atoms with E-state index >= 15 is 0 Å². The number of rotatable bonds is 7. The molecule has 0 aliphatic heterocycles. The summed E-state index contributed by atoms with van der Waals surface area (Å²) in [7, 11) is 0. The molecule has 18 heavy (non-hydrogen) atoms. The quantitative estimate of drug-likeness (QED) is 0.431. The molecule has 5 nitrogen and oxygen atoms in total. The molecule has 0 amide bonds. The van der Waals surface area contributed by atoms with Crippen LogP contribution in [0.15, 0.2) is 30.3 Å². The fraction of sp³-hybridized carbons (Fsp3) is 0.385. The van der Waals surface area contributed by atoms with Crippen molar-refractivity contribution in [2.24, 2.45) is 11.7 Å². The molecule has 0 saturated carbocycles. The summed E-state index contributed by atoms with van der Waals surface area (Å²) in [5, 5.41) is 18.6. The Balaban J connectivity index is 2.50. The van der Waals surface area contributed by atoms with Gasteiger partial charge >= 0.3 is 5.97 Å². The lowest BCUT2D eigenvalue weighted by molar-refractivity contribution is -0.138. The minimum Gasteiger partial charge on any atom is -0.481 e. The monoisotopic (exact) mass is 249 g/mol. The Morgan fingerprint density at radius 3 is 2.61 bits per heavy atom. The van der Waals surface area contributed by atoms with Gasteiger partial charge in [-0.05, 0) is 24.3 Å². The largest absolute Gasteiger partial charge is 0.481 e. The van der Waals surface area contributed by atoms with Gasteiger partial charge in [0.15, 0.2) is 5.96 Å². The normalized spacial score (nSPS) is 11.8. The molecule has 0 fully saturated rings. The number of hydrogen-bond acceptors (Lipinski definition) is 2. The molecule has 1 aromatic carbocycles. The average Bonchev–Trinajstić information content (AvgIpc) is 2.28. The summed E-state index contributed by atoms with van der Waals surface area (Å²) in [5.74, 6) is -0.820. The summed E-state index contributed by atoms with van der Waals surface area (Å²) >= 11 is 0. The molecule has 0 aliphatic carbocycles. The smallest absolute Gasteiger partial charge is 0.303 e. The standard InChI is InChI=1S/C13H19N3O2/c14-13(15)16-7-6-11(9-12(17)18)8-10-4-2-1-3-5-10/h1-5,11H,6-9H2,(H,17,18)(H4,14,15,16). The van der Waals surface area contributed by atoms with Gasteiger partial charge in [-0.3, -0.25) is 10.2 Å². The van der Waals surface area contributed by atoms with Crippen molar-refractivity contribution >= 4 is 11.9 Å². The van der Waals surface area contributed by atoms with E-state index < -0.39 is 5.97 Å². The van der Waals surface area contributed by atoms with Gasteiger partial charge in [-0.25, -0.2) is 0 Å². The van der Waals surface area contributed by atoms with E-state index in [-0.39, 0.29) is 18.3 Å². The molecule has 1 unspecified atom stereocenters. The van der Waals surface area contributed by atoms with E-state index in [1.165, 1.54) is 0 Å². The van der Waals surface area contributed by atoms with Crippen LogP contribution in [0.25, 0.3) is 0 Å². The molecule has 1 atom stereocenters. The predicted molar refractivity (Wildman–Crippen MR) is 70.4 cm³/mol. The number of carboxylic acid groups (broad SMARTS) is 1. The Morgan fingerprint density at radius 2 is 2.06 bits per heavy atom. The third kappa shape index (κ3) is 5.89. The van der Waals surface area contributed by atoms with Crippen LogP contribution in [0.5, 0.6) is 0 Å². The molecular weight excluding hydrogens is 230 g/mol. The summed E-state index contributed by atoms with van der Waals surface area (Å²) in [6.45, 7) is 0.528. The highest BCUT2D eigenvalue weighted by Crippen LogP contribution is 2.15. The molecule has 0 heterocycles. The highest BCUT2D eigenvalue weighted by Gasteiger charge is 2.13. The van der Waals surface area contributed by atoms with E-state index in [4.69, 9.17) is 16.2 Å². The van der Waals surface area contributed by atoms with E-state index in [9.17, 15) is 4.79 Å². The van der Waals surface area contributed by atoms with E-state index in [0.29, 0.717) is 13.0 Å². The van der Waals surface area contributed by atoms with Crippen molar-refractivity contribution in [1.82, 2.24) is 5.32 Å². The number of guanidine groups is 1. The minimum atomic E-state index is -0.793. The van der Waals surface area contributed by atoms with E-state index in [1.54, 1.807) is 0 Å². The fourth-order valence-corrected chi connectivity index (χ4v) is 1.88. The molecule has 1 aromatic rings. The van der Waals surface area contributed by atoms with Crippen molar-refractivity contribution in [1.29, 1.82) is 5.41 Å². The van der Waals surface area contributed by atoms with Crippen LogP contribution in [0, 0.1) is 11.3 Å². The van der Waals surface area contributed by atoms with E-state index in [1.807, 2.05) is 30.3 Å². The SMILES string of the molecule is N=C(N)NCCC(CC(=O)O)Cc1ccccc1. The number of aliphatic carboxylic acids is 1. The first-order valence-corrected chi connectivity index (χ1v) is 5.91. The first-order valence-electron chi connectivity index (χ1n) is 5.91. The zero-order valence-electron chi connectivity index (χ0n) is 10.2. The van der Waals surface area contributed by atoms with Gasteiger partial charge in [0.25, 0.3) is 0 Å². The van der Waals surface area contributed by atoms with E-state index in [2.05, 4.69) is 5.32 Å². The van der Waals surface area contributed by atoms with Crippen LogP contribution in [0.3, 0.4) is 0 Å². The van der Waals surface area contributed by atoms with Gasteiger partial charge in [0.1, 0.15) is 0 Å². The number of carbonyl (C=O) groups is 1. The van der Waals surface area contributed by atoms with Gasteiger partial charge in [0.05, 0.1) is 0 Å². The van der Waals surface area contributed by atoms with E-state index in [0.717, 1.165) is 12.0 Å². The highest BCUT2D eigenvalue weighted by molar-refractivity contribution is 5.74. The summed E-state index contributed by atoms with van der Waals surface area (Å²) < 4.78 is 0. The maximum Gasteiger partial charge on any atom is 0.303 e. The molecule has 0 aromatic heterocycles.